The van der Waals surface area contributed by atoms with E-state index in [-0.39, 0.29) is 0 Å². The molecule has 1 aromatic carbocycles. The van der Waals surface area contributed by atoms with Crippen LogP contribution in [0.15, 0.2) is 42.9 Å². The molecule has 6 heteroatoms. The van der Waals surface area contributed by atoms with Crippen molar-refractivity contribution in [1.29, 1.82) is 0 Å². The van der Waals surface area contributed by atoms with Crippen molar-refractivity contribution in [3.05, 3.63) is 54.0 Å². The highest BCUT2D eigenvalue weighted by Crippen LogP contribution is 2.29. The molecule has 0 bridgehead atoms. The van der Waals surface area contributed by atoms with Gasteiger partial charge < -0.3 is 14.7 Å². The van der Waals surface area contributed by atoms with Crippen molar-refractivity contribution >= 4 is 17.3 Å². The molecular weight excluding hydrogens is 252 g/mol. The molecule has 3 N–H and O–H groups in total. The minimum absolute atomic E-state index is 0.626. The first-order chi connectivity index (χ1) is 9.85. The average Bonchev–Trinajstić information content (AvgIpc) is 3.12. The first-order valence-corrected chi connectivity index (χ1v) is 6.47. The zero-order valence-electron chi connectivity index (χ0n) is 10.8. The van der Waals surface area contributed by atoms with Crippen molar-refractivity contribution < 1.29 is 0 Å². The molecule has 1 aliphatic rings. The first-order valence-electron chi connectivity index (χ1n) is 6.47. The van der Waals surface area contributed by atoms with Crippen LogP contribution in [0, 0.1) is 0 Å². The Kier molecular flexibility index (Phi) is 2.37. The number of benzene rings is 1. The molecule has 0 atom stereocenters. The van der Waals surface area contributed by atoms with Crippen LogP contribution in [0.4, 0.5) is 11.6 Å². The third kappa shape index (κ3) is 1.62. The third-order valence-electron chi connectivity index (χ3n) is 3.64. The maximum atomic E-state index is 5.50. The summed E-state index contributed by atoms with van der Waals surface area (Å²) >= 11 is 0. The minimum atomic E-state index is 0.626. The Hall–Kier alpha value is -2.60. The van der Waals surface area contributed by atoms with Gasteiger partial charge in [-0.25, -0.2) is 15.8 Å². The summed E-state index contributed by atoms with van der Waals surface area (Å²) in [5.74, 6) is 6.97. The van der Waals surface area contributed by atoms with Crippen LogP contribution in [0.2, 0.25) is 0 Å². The summed E-state index contributed by atoms with van der Waals surface area (Å²) in [6.07, 6.45) is 5.49. The molecule has 6 nitrogen and oxygen atoms in total. The Morgan fingerprint density at radius 2 is 1.90 bits per heavy atom. The van der Waals surface area contributed by atoms with Crippen LogP contribution in [0.1, 0.15) is 11.1 Å². The van der Waals surface area contributed by atoms with E-state index in [4.69, 9.17) is 5.84 Å². The van der Waals surface area contributed by atoms with Gasteiger partial charge in [-0.3, -0.25) is 0 Å². The number of aromatic nitrogens is 3. The molecule has 0 amide bonds. The van der Waals surface area contributed by atoms with E-state index in [0.29, 0.717) is 5.82 Å². The smallest absolute Gasteiger partial charge is 0.180 e. The van der Waals surface area contributed by atoms with Gasteiger partial charge in [-0.2, -0.15) is 0 Å². The predicted octanol–water partition coefficient (Wildman–Crippen LogP) is 1.54. The quantitative estimate of drug-likeness (QED) is 0.544. The van der Waals surface area contributed by atoms with E-state index in [1.807, 2.05) is 16.8 Å². The van der Waals surface area contributed by atoms with Crippen LogP contribution in [-0.4, -0.2) is 14.4 Å². The second-order valence-electron chi connectivity index (χ2n) is 4.88. The van der Waals surface area contributed by atoms with Gasteiger partial charge in [0, 0.05) is 25.5 Å². The van der Waals surface area contributed by atoms with Crippen molar-refractivity contribution in [2.45, 2.75) is 13.1 Å². The maximum absolute atomic E-state index is 5.50. The van der Waals surface area contributed by atoms with E-state index < -0.39 is 0 Å². The molecule has 0 saturated heterocycles. The van der Waals surface area contributed by atoms with Crippen LogP contribution in [-0.2, 0) is 13.1 Å². The summed E-state index contributed by atoms with van der Waals surface area (Å²) in [4.78, 5) is 11.2. The predicted molar refractivity (Wildman–Crippen MR) is 77.1 cm³/mol. The normalized spacial score (nSPS) is 13.8. The highest BCUT2D eigenvalue weighted by atomic mass is 15.3. The fourth-order valence-corrected chi connectivity index (χ4v) is 2.68. The Labute approximate surface area is 115 Å². The van der Waals surface area contributed by atoms with Crippen LogP contribution in [0.5, 0.6) is 0 Å². The van der Waals surface area contributed by atoms with Crippen molar-refractivity contribution in [3.63, 3.8) is 0 Å². The summed E-state index contributed by atoms with van der Waals surface area (Å²) in [5.41, 5.74) is 6.13. The number of nitrogen functional groups attached to an aromatic ring is 1. The molecule has 0 unspecified atom stereocenters. The van der Waals surface area contributed by atoms with Gasteiger partial charge in [-0.05, 0) is 11.1 Å². The first kappa shape index (κ1) is 11.2. The number of hydrogen-bond donors (Lipinski definition) is 2. The minimum Gasteiger partial charge on any atom is -0.345 e. The summed E-state index contributed by atoms with van der Waals surface area (Å²) in [7, 11) is 0. The SMILES string of the molecule is NNc1cn2ccnc2c(N2Cc3ccccc3C2)n1. The number of rotatable bonds is 2. The van der Waals surface area contributed by atoms with Gasteiger partial charge >= 0.3 is 0 Å². The lowest BCUT2D eigenvalue weighted by Gasteiger charge is -2.18. The van der Waals surface area contributed by atoms with Crippen molar-refractivity contribution in [2.24, 2.45) is 5.84 Å². The molecule has 20 heavy (non-hydrogen) atoms. The zero-order valence-corrected chi connectivity index (χ0v) is 10.8. The lowest BCUT2D eigenvalue weighted by molar-refractivity contribution is 0.853. The van der Waals surface area contributed by atoms with E-state index in [1.165, 1.54) is 11.1 Å². The molecule has 0 spiro atoms. The monoisotopic (exact) mass is 266 g/mol. The largest absolute Gasteiger partial charge is 0.345 e. The van der Waals surface area contributed by atoms with Gasteiger partial charge in [0.05, 0.1) is 6.20 Å². The van der Waals surface area contributed by atoms with Gasteiger partial charge in [0.15, 0.2) is 17.3 Å². The Morgan fingerprint density at radius 1 is 1.15 bits per heavy atom. The average molecular weight is 266 g/mol. The zero-order chi connectivity index (χ0) is 13.5. The fraction of sp³-hybridized carbons (Fsp3) is 0.143. The number of anilines is 2. The van der Waals surface area contributed by atoms with Crippen LogP contribution in [0.25, 0.3) is 5.65 Å². The van der Waals surface area contributed by atoms with Gasteiger partial charge in [-0.1, -0.05) is 24.3 Å². The highest BCUT2D eigenvalue weighted by Gasteiger charge is 2.22. The molecule has 0 aliphatic carbocycles. The number of nitrogens with one attached hydrogen (secondary N) is 1. The molecular formula is C14H14N6. The molecule has 0 radical (unpaired) electrons. The molecule has 100 valence electrons. The van der Waals surface area contributed by atoms with Gasteiger partial charge in [0.1, 0.15) is 0 Å². The van der Waals surface area contributed by atoms with Gasteiger partial charge in [-0.15, -0.1) is 0 Å². The molecule has 3 heterocycles. The number of hydrogen-bond acceptors (Lipinski definition) is 5. The molecule has 0 saturated carbocycles. The second kappa shape index (κ2) is 4.21. The Morgan fingerprint density at radius 3 is 2.60 bits per heavy atom. The van der Waals surface area contributed by atoms with Crippen LogP contribution < -0.4 is 16.2 Å². The maximum Gasteiger partial charge on any atom is 0.180 e. The summed E-state index contributed by atoms with van der Waals surface area (Å²) in [5, 5.41) is 0. The lowest BCUT2D eigenvalue weighted by Crippen LogP contribution is -2.19. The van der Waals surface area contributed by atoms with E-state index in [2.05, 4.69) is 44.6 Å². The number of hydrazine groups is 1. The number of fused-ring (bicyclic) bond motifs is 2. The third-order valence-corrected chi connectivity index (χ3v) is 3.64. The fourth-order valence-electron chi connectivity index (χ4n) is 2.68. The highest BCUT2D eigenvalue weighted by molar-refractivity contribution is 5.68. The number of nitrogens with two attached hydrogens (primary N) is 1. The van der Waals surface area contributed by atoms with E-state index in [0.717, 1.165) is 24.6 Å². The molecule has 3 aromatic rings. The van der Waals surface area contributed by atoms with Crippen molar-refractivity contribution in [3.8, 4) is 0 Å². The Bertz CT molecular complexity index is 753. The molecule has 4 rings (SSSR count). The van der Waals surface area contributed by atoms with Crippen LogP contribution in [0.3, 0.4) is 0 Å². The topological polar surface area (TPSA) is 71.5 Å². The summed E-state index contributed by atoms with van der Waals surface area (Å²) in [6, 6.07) is 8.45. The molecule has 0 fully saturated rings. The van der Waals surface area contributed by atoms with E-state index in [1.54, 1.807) is 6.20 Å². The lowest BCUT2D eigenvalue weighted by atomic mass is 10.1. The van der Waals surface area contributed by atoms with Gasteiger partial charge in [0.2, 0.25) is 0 Å². The second-order valence-corrected chi connectivity index (χ2v) is 4.88. The van der Waals surface area contributed by atoms with Gasteiger partial charge in [0.25, 0.3) is 0 Å². The Balaban J connectivity index is 1.82. The van der Waals surface area contributed by atoms with Crippen molar-refractivity contribution in [1.82, 2.24) is 14.4 Å². The standard InChI is InChI=1S/C14H14N6/c15-18-12-9-19-6-5-16-13(19)14(17-12)20-7-10-3-1-2-4-11(10)8-20/h1-6,9,18H,7-8,15H2. The van der Waals surface area contributed by atoms with Crippen LogP contribution >= 0.6 is 0 Å². The van der Waals surface area contributed by atoms with Crippen molar-refractivity contribution in [2.75, 3.05) is 10.3 Å². The summed E-state index contributed by atoms with van der Waals surface area (Å²) < 4.78 is 1.93. The number of imidazole rings is 1. The van der Waals surface area contributed by atoms with E-state index in [9.17, 15) is 0 Å². The molecule has 1 aliphatic heterocycles. The van der Waals surface area contributed by atoms with E-state index >= 15 is 0 Å². The molecule has 2 aromatic heterocycles. The summed E-state index contributed by atoms with van der Waals surface area (Å²) in [6.45, 7) is 1.69. The number of nitrogens with zero attached hydrogens (tertiary/aromatic N) is 4.